The molecule has 2 aromatic rings. The molecule has 27 heavy (non-hydrogen) atoms. The fourth-order valence-electron chi connectivity index (χ4n) is 2.43. The number of anilines is 1. The summed E-state index contributed by atoms with van der Waals surface area (Å²) in [5.74, 6) is 1.40. The van der Waals surface area contributed by atoms with Crippen LogP contribution in [-0.2, 0) is 4.79 Å². The van der Waals surface area contributed by atoms with Crippen LogP contribution in [-0.4, -0.2) is 22.8 Å². The van der Waals surface area contributed by atoms with E-state index < -0.39 is 5.97 Å². The number of terminal acetylenes is 1. The highest BCUT2D eigenvalue weighted by Gasteiger charge is 2.33. The van der Waals surface area contributed by atoms with Crippen LogP contribution in [0.2, 0.25) is 0 Å². The zero-order chi connectivity index (χ0) is 19.4. The summed E-state index contributed by atoms with van der Waals surface area (Å²) >= 11 is 6.48. The maximum Gasteiger partial charge on any atom is 0.270 e. The summed E-state index contributed by atoms with van der Waals surface area (Å²) in [5.41, 5.74) is 1.22. The van der Waals surface area contributed by atoms with Gasteiger partial charge in [-0.15, -0.1) is 6.42 Å². The van der Waals surface area contributed by atoms with Crippen molar-refractivity contribution in [1.29, 1.82) is 0 Å². The van der Waals surface area contributed by atoms with Gasteiger partial charge in [0.25, 0.3) is 5.91 Å². The summed E-state index contributed by atoms with van der Waals surface area (Å²) in [6.45, 7) is 0.122. The number of hydrogen-bond acceptors (Lipinski definition) is 6. The van der Waals surface area contributed by atoms with E-state index in [9.17, 15) is 14.7 Å². The molecule has 1 heterocycles. The van der Waals surface area contributed by atoms with E-state index in [1.807, 2.05) is 18.2 Å². The molecule has 1 fully saturated rings. The molecule has 0 spiro atoms. The maximum atomic E-state index is 12.8. The third kappa shape index (κ3) is 4.03. The van der Waals surface area contributed by atoms with Gasteiger partial charge >= 0.3 is 0 Å². The Morgan fingerprint density at radius 1 is 1.26 bits per heavy atom. The molecule has 0 unspecified atom stereocenters. The van der Waals surface area contributed by atoms with E-state index in [4.69, 9.17) is 23.4 Å². The summed E-state index contributed by atoms with van der Waals surface area (Å²) in [6, 6.07) is 13.0. The summed E-state index contributed by atoms with van der Waals surface area (Å²) in [5, 5.41) is 10.9. The number of carbonyl (C=O) groups excluding carboxylic acids is 2. The predicted octanol–water partition coefficient (Wildman–Crippen LogP) is 2.47. The SMILES string of the molecule is C#CCOc1ccccc1/C=C1/SC(=S)N(c2ccc(C(=O)[O-])cc2)C1=O. The lowest BCUT2D eigenvalue weighted by molar-refractivity contribution is -0.255. The number of aromatic carboxylic acids is 1. The smallest absolute Gasteiger partial charge is 0.270 e. The molecule has 0 aliphatic carbocycles. The molecule has 5 nitrogen and oxygen atoms in total. The summed E-state index contributed by atoms with van der Waals surface area (Å²) in [6.07, 6.45) is 6.92. The molecule has 0 atom stereocenters. The first kappa shape index (κ1) is 18.7. The monoisotopic (exact) mass is 394 g/mol. The van der Waals surface area contributed by atoms with Gasteiger partial charge in [-0.2, -0.15) is 0 Å². The van der Waals surface area contributed by atoms with Crippen LogP contribution in [0.15, 0.2) is 53.4 Å². The second-order valence-corrected chi connectivity index (χ2v) is 7.06. The quantitative estimate of drug-likeness (QED) is 0.441. The minimum Gasteiger partial charge on any atom is -0.545 e. The average molecular weight is 394 g/mol. The van der Waals surface area contributed by atoms with Gasteiger partial charge in [0.05, 0.1) is 16.6 Å². The zero-order valence-electron chi connectivity index (χ0n) is 13.9. The van der Waals surface area contributed by atoms with Gasteiger partial charge in [0, 0.05) is 5.56 Å². The molecule has 1 saturated heterocycles. The van der Waals surface area contributed by atoms with Gasteiger partial charge in [0.2, 0.25) is 0 Å². The van der Waals surface area contributed by atoms with Gasteiger partial charge < -0.3 is 14.6 Å². The first-order valence-electron chi connectivity index (χ1n) is 7.76. The van der Waals surface area contributed by atoms with E-state index in [0.29, 0.717) is 26.2 Å². The van der Waals surface area contributed by atoms with Crippen LogP contribution in [0.3, 0.4) is 0 Å². The predicted molar refractivity (Wildman–Crippen MR) is 107 cm³/mol. The zero-order valence-corrected chi connectivity index (χ0v) is 15.5. The Bertz CT molecular complexity index is 990. The molecule has 1 aliphatic rings. The molecular formula is C20H12NO4S2-. The van der Waals surface area contributed by atoms with Crippen LogP contribution >= 0.6 is 24.0 Å². The second-order valence-electron chi connectivity index (χ2n) is 5.38. The first-order valence-corrected chi connectivity index (χ1v) is 8.98. The Kier molecular flexibility index (Phi) is 5.60. The van der Waals surface area contributed by atoms with Crippen LogP contribution in [0.25, 0.3) is 6.08 Å². The Hall–Kier alpha value is -3.08. The van der Waals surface area contributed by atoms with Crippen LogP contribution < -0.4 is 14.7 Å². The molecule has 7 heteroatoms. The third-order valence-electron chi connectivity index (χ3n) is 3.67. The molecule has 1 amide bonds. The largest absolute Gasteiger partial charge is 0.545 e. The number of thiocarbonyl (C=S) groups is 1. The number of rotatable bonds is 5. The van der Waals surface area contributed by atoms with Crippen molar-refractivity contribution < 1.29 is 19.4 Å². The molecular weight excluding hydrogens is 382 g/mol. The molecule has 0 radical (unpaired) electrons. The van der Waals surface area contributed by atoms with Crippen LogP contribution in [0.1, 0.15) is 15.9 Å². The minimum absolute atomic E-state index is 0.0272. The molecule has 1 aliphatic heterocycles. The molecule has 0 aromatic heterocycles. The number of nitrogens with zero attached hydrogens (tertiary/aromatic N) is 1. The van der Waals surface area contributed by atoms with Crippen molar-refractivity contribution in [2.75, 3.05) is 11.5 Å². The molecule has 2 aromatic carbocycles. The Morgan fingerprint density at radius 3 is 2.63 bits per heavy atom. The summed E-state index contributed by atoms with van der Waals surface area (Å²) < 4.78 is 5.85. The standard InChI is InChI=1S/C20H13NO4S2/c1-2-11-25-16-6-4-3-5-14(16)12-17-18(22)21(20(26)27-17)15-9-7-13(8-10-15)19(23)24/h1,3-10,12H,11H2,(H,23,24)/p-1/b17-12+. The number of carboxylic acid groups (broad SMARTS) is 1. The minimum atomic E-state index is -1.28. The van der Waals surface area contributed by atoms with Crippen molar-refractivity contribution in [3.8, 4) is 18.1 Å². The first-order chi connectivity index (χ1) is 13.0. The van der Waals surface area contributed by atoms with Crippen molar-refractivity contribution in [2.24, 2.45) is 0 Å². The van der Waals surface area contributed by atoms with Gasteiger partial charge in [-0.3, -0.25) is 9.69 Å². The summed E-state index contributed by atoms with van der Waals surface area (Å²) in [4.78, 5) is 25.5. The highest BCUT2D eigenvalue weighted by Crippen LogP contribution is 2.37. The Labute approximate surface area is 165 Å². The molecule has 0 bridgehead atoms. The Balaban J connectivity index is 1.89. The normalized spacial score (nSPS) is 15.1. The number of ether oxygens (including phenoxy) is 1. The number of carboxylic acids is 1. The molecule has 3 rings (SSSR count). The fourth-order valence-corrected chi connectivity index (χ4v) is 3.72. The number of para-hydroxylation sites is 1. The Morgan fingerprint density at radius 2 is 1.96 bits per heavy atom. The number of thioether (sulfide) groups is 1. The van der Waals surface area contributed by atoms with E-state index in [0.717, 1.165) is 11.8 Å². The lowest BCUT2D eigenvalue weighted by Crippen LogP contribution is -2.28. The lowest BCUT2D eigenvalue weighted by Gasteiger charge is -2.15. The van der Waals surface area contributed by atoms with Crippen LogP contribution in [0.4, 0.5) is 5.69 Å². The van der Waals surface area contributed by atoms with Gasteiger partial charge in [-0.25, -0.2) is 0 Å². The third-order valence-corrected chi connectivity index (χ3v) is 4.97. The number of benzene rings is 2. The molecule has 0 N–H and O–H groups in total. The van der Waals surface area contributed by atoms with Crippen molar-refractivity contribution in [3.63, 3.8) is 0 Å². The van der Waals surface area contributed by atoms with E-state index in [-0.39, 0.29) is 18.1 Å². The highest BCUT2D eigenvalue weighted by molar-refractivity contribution is 8.27. The number of carbonyl (C=O) groups is 2. The molecule has 0 saturated carbocycles. The van der Waals surface area contributed by atoms with Crippen molar-refractivity contribution in [1.82, 2.24) is 0 Å². The van der Waals surface area contributed by atoms with Gasteiger partial charge in [-0.05, 0) is 29.8 Å². The van der Waals surface area contributed by atoms with Crippen molar-refractivity contribution in [2.45, 2.75) is 0 Å². The van der Waals surface area contributed by atoms with Crippen molar-refractivity contribution >= 4 is 51.9 Å². The number of amides is 1. The summed E-state index contributed by atoms with van der Waals surface area (Å²) in [7, 11) is 0. The van der Waals surface area contributed by atoms with Gasteiger partial charge in [0.1, 0.15) is 12.4 Å². The van der Waals surface area contributed by atoms with E-state index in [2.05, 4.69) is 5.92 Å². The van der Waals surface area contributed by atoms with Crippen LogP contribution in [0, 0.1) is 12.3 Å². The van der Waals surface area contributed by atoms with E-state index >= 15 is 0 Å². The lowest BCUT2D eigenvalue weighted by atomic mass is 10.1. The topological polar surface area (TPSA) is 69.7 Å². The van der Waals surface area contributed by atoms with Crippen LogP contribution in [0.5, 0.6) is 5.75 Å². The average Bonchev–Trinajstić information content (AvgIpc) is 2.94. The fraction of sp³-hybridized carbons (Fsp3) is 0.0500. The number of hydrogen-bond donors (Lipinski definition) is 0. The maximum absolute atomic E-state index is 12.8. The van der Waals surface area contributed by atoms with E-state index in [1.165, 1.54) is 29.2 Å². The molecule has 134 valence electrons. The van der Waals surface area contributed by atoms with E-state index in [1.54, 1.807) is 12.1 Å². The van der Waals surface area contributed by atoms with Gasteiger partial charge in [-0.1, -0.05) is 60.2 Å². The van der Waals surface area contributed by atoms with Crippen molar-refractivity contribution in [3.05, 3.63) is 64.6 Å². The highest BCUT2D eigenvalue weighted by atomic mass is 32.2. The van der Waals surface area contributed by atoms with Gasteiger partial charge in [0.15, 0.2) is 4.32 Å². The second kappa shape index (κ2) is 8.08.